The predicted octanol–water partition coefficient (Wildman–Crippen LogP) is 4.03. The van der Waals surface area contributed by atoms with Crippen LogP contribution in [-0.4, -0.2) is 36.6 Å². The predicted molar refractivity (Wildman–Crippen MR) is 124 cm³/mol. The fraction of sp³-hybridized carbons (Fsp3) is 0.296. The zero-order valence-corrected chi connectivity index (χ0v) is 18.3. The Morgan fingerprint density at radius 2 is 1.59 bits per heavy atom. The molecule has 3 aliphatic rings. The summed E-state index contributed by atoms with van der Waals surface area (Å²) in [6.45, 7) is 2.20. The average Bonchev–Trinajstić information content (AvgIpc) is 3.29. The number of nitrogens with one attached hydrogen (secondary N) is 1. The maximum absolute atomic E-state index is 6.68. The van der Waals surface area contributed by atoms with Crippen LogP contribution < -0.4 is 14.4 Å². The van der Waals surface area contributed by atoms with Crippen molar-refractivity contribution in [2.24, 2.45) is 5.10 Å². The van der Waals surface area contributed by atoms with Gasteiger partial charge in [0, 0.05) is 12.0 Å². The Bertz CT molecular complexity index is 1140. The lowest BCUT2D eigenvalue weighted by atomic mass is 9.91. The largest absolute Gasteiger partial charge is 0.466 e. The highest BCUT2D eigenvalue weighted by Crippen LogP contribution is 2.49. The third-order valence-electron chi connectivity index (χ3n) is 6.96. The first-order valence-electron chi connectivity index (χ1n) is 11.5. The number of piperidine rings is 1. The number of likely N-dealkylation sites (tertiary alicyclic amines) is 1. The number of quaternary nitrogens is 1. The maximum Gasteiger partial charge on any atom is 0.208 e. The van der Waals surface area contributed by atoms with Gasteiger partial charge in [0.2, 0.25) is 5.72 Å². The molecule has 0 aromatic heterocycles. The van der Waals surface area contributed by atoms with Gasteiger partial charge in [-0.25, -0.2) is 5.01 Å². The molecule has 1 N–H and O–H groups in total. The second-order valence-corrected chi connectivity index (χ2v) is 9.09. The highest BCUT2D eigenvalue weighted by Gasteiger charge is 2.52. The van der Waals surface area contributed by atoms with Gasteiger partial charge in [0.15, 0.2) is 0 Å². The van der Waals surface area contributed by atoms with E-state index in [2.05, 4.69) is 48.5 Å². The topological polar surface area (TPSA) is 38.5 Å². The van der Waals surface area contributed by atoms with E-state index in [4.69, 9.17) is 14.6 Å². The Hall–Kier alpha value is -3.31. The van der Waals surface area contributed by atoms with E-state index in [9.17, 15) is 0 Å². The van der Waals surface area contributed by atoms with Crippen molar-refractivity contribution in [2.45, 2.75) is 31.0 Å². The van der Waals surface area contributed by atoms with Gasteiger partial charge in [-0.3, -0.25) is 0 Å². The Morgan fingerprint density at radius 3 is 2.38 bits per heavy atom. The van der Waals surface area contributed by atoms with Gasteiger partial charge in [-0.15, -0.1) is 0 Å². The average molecular weight is 427 g/mol. The van der Waals surface area contributed by atoms with Gasteiger partial charge < -0.3 is 14.4 Å². The molecular formula is C27H28N3O2+. The molecule has 3 aromatic carbocycles. The summed E-state index contributed by atoms with van der Waals surface area (Å²) >= 11 is 0. The highest BCUT2D eigenvalue weighted by atomic mass is 16.5. The monoisotopic (exact) mass is 426 g/mol. The number of ether oxygens (including phenoxy) is 2. The van der Waals surface area contributed by atoms with Gasteiger partial charge in [0.1, 0.15) is 17.2 Å². The van der Waals surface area contributed by atoms with Crippen LogP contribution in [0.2, 0.25) is 0 Å². The molecule has 5 nitrogen and oxygen atoms in total. The van der Waals surface area contributed by atoms with Crippen molar-refractivity contribution in [1.82, 2.24) is 5.01 Å². The lowest BCUT2D eigenvalue weighted by molar-refractivity contribution is -0.888. The lowest BCUT2D eigenvalue weighted by Crippen LogP contribution is -3.11. The van der Waals surface area contributed by atoms with Crippen molar-refractivity contribution < 1.29 is 14.4 Å². The normalized spacial score (nSPS) is 26.2. The van der Waals surface area contributed by atoms with Crippen LogP contribution in [0.15, 0.2) is 84.0 Å². The SMILES string of the molecule is C[NH+]1CCC2(CC1)Oc1ccccc1[C@@H]1CC(c3ccc(Oc4ccccc4)cc3)=NN12. The lowest BCUT2D eigenvalue weighted by Gasteiger charge is -2.49. The summed E-state index contributed by atoms with van der Waals surface area (Å²) in [6, 6.07) is 26.9. The quantitative estimate of drug-likeness (QED) is 0.687. The van der Waals surface area contributed by atoms with Gasteiger partial charge in [0.05, 0.1) is 44.7 Å². The Balaban J connectivity index is 1.30. The summed E-state index contributed by atoms with van der Waals surface area (Å²) in [5, 5.41) is 7.45. The zero-order valence-electron chi connectivity index (χ0n) is 18.3. The van der Waals surface area contributed by atoms with Gasteiger partial charge >= 0.3 is 0 Å². The van der Waals surface area contributed by atoms with Crippen LogP contribution in [0.25, 0.3) is 0 Å². The van der Waals surface area contributed by atoms with Crippen LogP contribution >= 0.6 is 0 Å². The first kappa shape index (κ1) is 19.4. The number of nitrogens with zero attached hydrogens (tertiary/aromatic N) is 2. The molecule has 1 fully saturated rings. The number of hydrogen-bond donors (Lipinski definition) is 1. The second kappa shape index (κ2) is 7.68. The second-order valence-electron chi connectivity index (χ2n) is 9.09. The molecule has 1 atom stereocenters. The summed E-state index contributed by atoms with van der Waals surface area (Å²) in [5.41, 5.74) is 3.17. The van der Waals surface area contributed by atoms with Gasteiger partial charge in [-0.05, 0) is 48.0 Å². The zero-order chi connectivity index (χ0) is 21.5. The van der Waals surface area contributed by atoms with Gasteiger partial charge in [0.25, 0.3) is 0 Å². The molecular weight excluding hydrogens is 398 g/mol. The maximum atomic E-state index is 6.68. The van der Waals surface area contributed by atoms with Crippen LogP contribution in [0.3, 0.4) is 0 Å². The van der Waals surface area contributed by atoms with Crippen LogP contribution in [0.4, 0.5) is 0 Å². The first-order chi connectivity index (χ1) is 15.7. The summed E-state index contributed by atoms with van der Waals surface area (Å²) < 4.78 is 12.6. The fourth-order valence-corrected chi connectivity index (χ4v) is 5.14. The minimum atomic E-state index is -0.337. The molecule has 6 rings (SSSR count). The molecule has 32 heavy (non-hydrogen) atoms. The molecule has 3 aromatic rings. The molecule has 3 aliphatic heterocycles. The summed E-state index contributed by atoms with van der Waals surface area (Å²) in [6.07, 6.45) is 2.87. The van der Waals surface area contributed by atoms with E-state index >= 15 is 0 Å². The molecule has 0 bridgehead atoms. The molecule has 3 heterocycles. The summed E-state index contributed by atoms with van der Waals surface area (Å²) in [4.78, 5) is 1.56. The molecule has 1 saturated heterocycles. The van der Waals surface area contributed by atoms with E-state index in [0.717, 1.165) is 60.9 Å². The number of rotatable bonds is 3. The standard InChI is InChI=1S/C27H27N3O2/c1-29-17-15-27(16-18-29)30-25(23-9-5-6-10-26(23)32-27)19-24(28-30)20-11-13-22(14-12-20)31-21-7-3-2-4-8-21/h2-14,25H,15-19H2,1H3/p+1/t25-/m0/s1. The van der Waals surface area contributed by atoms with E-state index in [-0.39, 0.29) is 11.8 Å². The van der Waals surface area contributed by atoms with Crippen LogP contribution in [0, 0.1) is 0 Å². The fourth-order valence-electron chi connectivity index (χ4n) is 5.14. The highest BCUT2D eigenvalue weighted by molar-refractivity contribution is 6.02. The molecule has 0 amide bonds. The van der Waals surface area contributed by atoms with Crippen LogP contribution in [0.1, 0.15) is 36.4 Å². The van der Waals surface area contributed by atoms with Crippen molar-refractivity contribution >= 4 is 5.71 Å². The number of hydrogen-bond acceptors (Lipinski definition) is 4. The summed E-state index contributed by atoms with van der Waals surface area (Å²) in [7, 11) is 2.26. The van der Waals surface area contributed by atoms with E-state index in [1.807, 2.05) is 42.5 Å². The first-order valence-corrected chi connectivity index (χ1v) is 11.5. The van der Waals surface area contributed by atoms with Gasteiger partial charge in [-0.1, -0.05) is 36.4 Å². The van der Waals surface area contributed by atoms with Gasteiger partial charge in [-0.2, -0.15) is 5.10 Å². The molecule has 0 saturated carbocycles. The van der Waals surface area contributed by atoms with E-state index in [1.165, 1.54) is 5.56 Å². The van der Waals surface area contributed by atoms with Crippen molar-refractivity contribution in [3.63, 3.8) is 0 Å². The summed E-state index contributed by atoms with van der Waals surface area (Å²) in [5.74, 6) is 2.70. The number of benzene rings is 3. The molecule has 0 unspecified atom stereocenters. The molecule has 0 aliphatic carbocycles. The molecule has 0 radical (unpaired) electrons. The Morgan fingerprint density at radius 1 is 0.906 bits per heavy atom. The van der Waals surface area contributed by atoms with Crippen molar-refractivity contribution in [3.05, 3.63) is 90.0 Å². The minimum absolute atomic E-state index is 0.230. The third-order valence-corrected chi connectivity index (χ3v) is 6.96. The molecule has 1 spiro atoms. The molecule has 5 heteroatoms. The van der Waals surface area contributed by atoms with Crippen molar-refractivity contribution in [3.8, 4) is 17.2 Å². The van der Waals surface area contributed by atoms with Crippen LogP contribution in [-0.2, 0) is 0 Å². The number of para-hydroxylation sites is 2. The molecule has 162 valence electrons. The van der Waals surface area contributed by atoms with Crippen molar-refractivity contribution in [2.75, 3.05) is 20.1 Å². The third kappa shape index (κ3) is 3.33. The Labute approximate surface area is 188 Å². The van der Waals surface area contributed by atoms with Crippen LogP contribution in [0.5, 0.6) is 17.2 Å². The number of fused-ring (bicyclic) bond motifs is 4. The van der Waals surface area contributed by atoms with E-state index in [1.54, 1.807) is 4.90 Å². The Kier molecular flexibility index (Phi) is 4.65. The van der Waals surface area contributed by atoms with Crippen molar-refractivity contribution in [1.29, 1.82) is 0 Å². The van der Waals surface area contributed by atoms with E-state index in [0.29, 0.717) is 0 Å². The number of hydrazone groups is 1. The van der Waals surface area contributed by atoms with E-state index < -0.39 is 0 Å². The smallest absolute Gasteiger partial charge is 0.208 e. The minimum Gasteiger partial charge on any atom is -0.466 e.